The number of hydrogen-bond donors (Lipinski definition) is 2. The van der Waals surface area contributed by atoms with Crippen molar-refractivity contribution in [2.24, 2.45) is 52.3 Å². The van der Waals surface area contributed by atoms with Gasteiger partial charge in [0.25, 0.3) is 0 Å². The number of esters is 1. The molecule has 4 aliphatic carbocycles. The third kappa shape index (κ3) is 4.87. The summed E-state index contributed by atoms with van der Waals surface area (Å²) in [6, 6.07) is 0. The van der Waals surface area contributed by atoms with Gasteiger partial charge in [0.2, 0.25) is 0 Å². The van der Waals surface area contributed by atoms with E-state index in [1.807, 2.05) is 0 Å². The van der Waals surface area contributed by atoms with Gasteiger partial charge in [0.1, 0.15) is 6.10 Å². The third-order valence-electron chi connectivity index (χ3n) is 11.9. The second-order valence-corrected chi connectivity index (χ2v) is 14.3. The van der Waals surface area contributed by atoms with Crippen molar-refractivity contribution >= 4 is 11.9 Å². The molecule has 2 N–H and O–H groups in total. The highest BCUT2D eigenvalue weighted by Gasteiger charge is 2.66. The lowest BCUT2D eigenvalue weighted by molar-refractivity contribution is -0.237. The zero-order valence-corrected chi connectivity index (χ0v) is 23.7. The average molecular weight is 505 g/mol. The molecule has 0 unspecified atom stereocenters. The molecule has 5 heteroatoms. The summed E-state index contributed by atoms with van der Waals surface area (Å²) in [5.41, 5.74) is -0.826. The number of hydrogen-bond acceptors (Lipinski definition) is 4. The number of aliphatic carboxylic acids is 1. The second-order valence-electron chi connectivity index (χ2n) is 14.3. The van der Waals surface area contributed by atoms with Crippen molar-refractivity contribution in [3.05, 3.63) is 0 Å². The van der Waals surface area contributed by atoms with E-state index in [1.54, 1.807) is 0 Å². The first kappa shape index (κ1) is 27.9. The predicted octanol–water partition coefficient (Wildman–Crippen LogP) is 6.86. The van der Waals surface area contributed by atoms with Crippen molar-refractivity contribution in [1.29, 1.82) is 0 Å². The van der Waals surface area contributed by atoms with E-state index in [2.05, 4.69) is 34.6 Å². The first-order valence-electron chi connectivity index (χ1n) is 14.9. The van der Waals surface area contributed by atoms with E-state index in [-0.39, 0.29) is 23.7 Å². The molecule has 0 aliphatic heterocycles. The number of carbonyl (C=O) groups excluding carboxylic acids is 1. The van der Waals surface area contributed by atoms with E-state index in [1.165, 1.54) is 45.4 Å². The highest BCUT2D eigenvalue weighted by Crippen LogP contribution is 2.69. The normalized spacial score (nSPS) is 44.9. The number of fused-ring (bicyclic) bond motifs is 5. The summed E-state index contributed by atoms with van der Waals surface area (Å²) >= 11 is 0. The standard InChI is InChI=1S/C31H52O5/c1-19(2)8-7-9-20(3)24-10-11-25-23-12-15-31(35)18-27(36-21(4)32)22(16-28(33)34)17-30(31,6)26(23)13-14-29(24,25)5/h19-20,22-27,35H,7-18H2,1-6H3,(H,33,34)/t20-,22+,23+,24-,25+,26+,27+,29-,30-,31-/m1/s1. The van der Waals surface area contributed by atoms with E-state index in [0.29, 0.717) is 36.0 Å². The van der Waals surface area contributed by atoms with Crippen LogP contribution in [0.4, 0.5) is 0 Å². The average Bonchev–Trinajstić information content (AvgIpc) is 3.11. The highest BCUT2D eigenvalue weighted by atomic mass is 16.5. The van der Waals surface area contributed by atoms with Crippen molar-refractivity contribution < 1.29 is 24.5 Å². The maximum atomic E-state index is 12.1. The molecule has 0 spiro atoms. The molecular formula is C31H52O5. The van der Waals surface area contributed by atoms with Gasteiger partial charge in [-0.2, -0.15) is 0 Å². The number of carboxylic acid groups (broad SMARTS) is 1. The van der Waals surface area contributed by atoms with Crippen LogP contribution in [0.15, 0.2) is 0 Å². The van der Waals surface area contributed by atoms with Crippen molar-refractivity contribution in [3.63, 3.8) is 0 Å². The first-order valence-corrected chi connectivity index (χ1v) is 14.9. The number of rotatable bonds is 8. The highest BCUT2D eigenvalue weighted by molar-refractivity contribution is 5.68. The largest absolute Gasteiger partial charge is 0.481 e. The SMILES string of the molecule is CC(=O)O[C@H]1C[C@]2(O)CC[C@H]3[C@@H]4CC[C@H]([C@H](C)CCCC(C)C)[C@@]4(C)CC[C@@H]3[C@@]2(C)C[C@@H]1CC(=O)O. The van der Waals surface area contributed by atoms with Gasteiger partial charge in [-0.1, -0.05) is 53.9 Å². The van der Waals surface area contributed by atoms with E-state index in [9.17, 15) is 19.8 Å². The van der Waals surface area contributed by atoms with E-state index in [4.69, 9.17) is 4.74 Å². The Labute approximate surface area is 219 Å². The molecule has 0 aromatic heterocycles. The molecule has 4 rings (SSSR count). The quantitative estimate of drug-likeness (QED) is 0.353. The van der Waals surface area contributed by atoms with Crippen LogP contribution in [-0.4, -0.2) is 33.9 Å². The smallest absolute Gasteiger partial charge is 0.303 e. The summed E-state index contributed by atoms with van der Waals surface area (Å²) in [5, 5.41) is 21.7. The van der Waals surface area contributed by atoms with Gasteiger partial charge in [-0.3, -0.25) is 9.59 Å². The first-order chi connectivity index (χ1) is 16.8. The number of ether oxygens (including phenoxy) is 1. The minimum absolute atomic E-state index is 0.00187. The molecule has 206 valence electrons. The Kier molecular flexibility index (Phi) is 7.93. The summed E-state index contributed by atoms with van der Waals surface area (Å²) in [6.07, 6.45) is 11.3. The zero-order valence-electron chi connectivity index (χ0n) is 23.7. The Morgan fingerprint density at radius 1 is 0.972 bits per heavy atom. The number of aliphatic hydroxyl groups is 1. The number of carbonyl (C=O) groups is 2. The fraction of sp³-hybridized carbons (Fsp3) is 0.935. The van der Waals surface area contributed by atoms with E-state index in [0.717, 1.165) is 37.0 Å². The van der Waals surface area contributed by atoms with Gasteiger partial charge < -0.3 is 14.9 Å². The van der Waals surface area contributed by atoms with Crippen LogP contribution in [0.2, 0.25) is 0 Å². The Hall–Kier alpha value is -1.10. The lowest BCUT2D eigenvalue weighted by Crippen LogP contribution is -2.65. The van der Waals surface area contributed by atoms with Gasteiger partial charge in [-0.05, 0) is 91.3 Å². The van der Waals surface area contributed by atoms with Gasteiger partial charge in [0, 0.05) is 19.3 Å². The molecule has 4 aliphatic rings. The summed E-state index contributed by atoms with van der Waals surface area (Å²) < 4.78 is 5.61. The Morgan fingerprint density at radius 2 is 1.69 bits per heavy atom. The fourth-order valence-electron chi connectivity index (χ4n) is 10.2. The van der Waals surface area contributed by atoms with Crippen LogP contribution in [0.5, 0.6) is 0 Å². The molecule has 4 saturated carbocycles. The third-order valence-corrected chi connectivity index (χ3v) is 11.9. The summed E-state index contributed by atoms with van der Waals surface area (Å²) in [4.78, 5) is 23.5. The summed E-state index contributed by atoms with van der Waals surface area (Å²) in [5.74, 6) is 2.61. The molecule has 36 heavy (non-hydrogen) atoms. The molecule has 10 atom stereocenters. The van der Waals surface area contributed by atoms with Crippen LogP contribution in [-0.2, 0) is 14.3 Å². The van der Waals surface area contributed by atoms with Crippen LogP contribution < -0.4 is 0 Å². The maximum absolute atomic E-state index is 12.1. The molecule has 0 aromatic carbocycles. The number of carboxylic acids is 1. The molecule has 0 saturated heterocycles. The lowest BCUT2D eigenvalue weighted by Gasteiger charge is -2.65. The van der Waals surface area contributed by atoms with Gasteiger partial charge in [-0.15, -0.1) is 0 Å². The molecule has 4 fully saturated rings. The molecule has 0 radical (unpaired) electrons. The van der Waals surface area contributed by atoms with Gasteiger partial charge in [0.05, 0.1) is 12.0 Å². The minimum Gasteiger partial charge on any atom is -0.481 e. The predicted molar refractivity (Wildman–Crippen MR) is 141 cm³/mol. The van der Waals surface area contributed by atoms with Crippen LogP contribution in [0.1, 0.15) is 119 Å². The van der Waals surface area contributed by atoms with Gasteiger partial charge in [0.15, 0.2) is 0 Å². The molecule has 0 bridgehead atoms. The Bertz CT molecular complexity index is 824. The van der Waals surface area contributed by atoms with Crippen molar-refractivity contribution in [1.82, 2.24) is 0 Å². The molecule has 0 heterocycles. The lowest BCUT2D eigenvalue weighted by atomic mass is 9.42. The molecule has 5 nitrogen and oxygen atoms in total. The second kappa shape index (κ2) is 10.2. The van der Waals surface area contributed by atoms with Gasteiger partial charge >= 0.3 is 11.9 Å². The Morgan fingerprint density at radius 3 is 2.33 bits per heavy atom. The topological polar surface area (TPSA) is 83.8 Å². The van der Waals surface area contributed by atoms with Crippen molar-refractivity contribution in [2.75, 3.05) is 0 Å². The van der Waals surface area contributed by atoms with Crippen molar-refractivity contribution in [2.45, 2.75) is 130 Å². The molecule has 0 amide bonds. The monoisotopic (exact) mass is 504 g/mol. The van der Waals surface area contributed by atoms with E-state index < -0.39 is 17.7 Å². The van der Waals surface area contributed by atoms with Crippen LogP contribution in [0, 0.1) is 52.3 Å². The van der Waals surface area contributed by atoms with Crippen LogP contribution in [0.3, 0.4) is 0 Å². The van der Waals surface area contributed by atoms with Gasteiger partial charge in [-0.25, -0.2) is 0 Å². The molecule has 0 aromatic rings. The van der Waals surface area contributed by atoms with E-state index >= 15 is 0 Å². The maximum Gasteiger partial charge on any atom is 0.303 e. The summed E-state index contributed by atoms with van der Waals surface area (Å²) in [7, 11) is 0. The molecular weight excluding hydrogens is 452 g/mol. The minimum atomic E-state index is -0.890. The van der Waals surface area contributed by atoms with Crippen LogP contribution in [0.25, 0.3) is 0 Å². The fourth-order valence-corrected chi connectivity index (χ4v) is 10.2. The Balaban J connectivity index is 1.54. The zero-order chi connectivity index (χ0) is 26.5. The van der Waals surface area contributed by atoms with Crippen LogP contribution >= 0.6 is 0 Å². The van der Waals surface area contributed by atoms with Crippen molar-refractivity contribution in [3.8, 4) is 0 Å². The summed E-state index contributed by atoms with van der Waals surface area (Å²) in [6.45, 7) is 13.4.